The summed E-state index contributed by atoms with van der Waals surface area (Å²) in [7, 11) is 0. The third-order valence-corrected chi connectivity index (χ3v) is 4.50. The minimum Gasteiger partial charge on any atom is -0.289 e. The maximum atomic E-state index is 12.1. The maximum Gasteiger partial charge on any atom is 0.266 e. The van der Waals surface area contributed by atoms with E-state index in [-0.39, 0.29) is 5.91 Å². The van der Waals surface area contributed by atoms with Crippen LogP contribution in [-0.2, 0) is 4.79 Å². The fourth-order valence-corrected chi connectivity index (χ4v) is 3.33. The number of hydrogen-bond acceptors (Lipinski definition) is 3. The molecule has 2 nitrogen and oxygen atoms in total. The lowest BCUT2D eigenvalue weighted by molar-refractivity contribution is -0.121. The van der Waals surface area contributed by atoms with Gasteiger partial charge >= 0.3 is 0 Å². The lowest BCUT2D eigenvalue weighted by Gasteiger charge is -2.10. The van der Waals surface area contributed by atoms with Crippen LogP contribution in [0.1, 0.15) is 5.56 Å². The molecule has 0 aromatic heterocycles. The Hall–Kier alpha value is -0.810. The molecule has 1 aliphatic rings. The first-order chi connectivity index (χ1) is 9.04. The van der Waals surface area contributed by atoms with Crippen molar-refractivity contribution in [3.05, 3.63) is 51.4 Å². The average Bonchev–Trinajstić information content (AvgIpc) is 2.62. The van der Waals surface area contributed by atoms with Gasteiger partial charge in [-0.05, 0) is 18.2 Å². The molecule has 0 spiro atoms. The molecule has 98 valence electrons. The van der Waals surface area contributed by atoms with Gasteiger partial charge in [-0.2, -0.15) is 0 Å². The SMILES string of the molecule is C=CCN1C(=O)/C(=C/c2c(Cl)cccc2Cl)SC1=S. The molecule has 1 aromatic rings. The van der Waals surface area contributed by atoms with E-state index in [1.165, 1.54) is 16.7 Å². The monoisotopic (exact) mass is 329 g/mol. The molecule has 0 saturated carbocycles. The summed E-state index contributed by atoms with van der Waals surface area (Å²) in [6, 6.07) is 5.21. The van der Waals surface area contributed by atoms with Crippen molar-refractivity contribution in [2.24, 2.45) is 0 Å². The first-order valence-corrected chi connectivity index (χ1v) is 7.33. The highest BCUT2D eigenvalue weighted by Gasteiger charge is 2.31. The summed E-state index contributed by atoms with van der Waals surface area (Å²) in [6.07, 6.45) is 3.31. The molecule has 0 unspecified atom stereocenters. The number of carbonyl (C=O) groups excluding carboxylic acids is 1. The molecule has 6 heteroatoms. The second-order valence-corrected chi connectivity index (χ2v) is 6.21. The van der Waals surface area contributed by atoms with Crippen LogP contribution in [0.2, 0.25) is 10.0 Å². The Morgan fingerprint density at radius 2 is 2.00 bits per heavy atom. The van der Waals surface area contributed by atoms with Gasteiger partial charge < -0.3 is 0 Å². The molecule has 0 radical (unpaired) electrons. The highest BCUT2D eigenvalue weighted by atomic mass is 35.5. The van der Waals surface area contributed by atoms with Gasteiger partial charge in [-0.25, -0.2) is 0 Å². The molecule has 1 aliphatic heterocycles. The number of rotatable bonds is 3. The molecular weight excluding hydrogens is 321 g/mol. The van der Waals surface area contributed by atoms with Crippen molar-refractivity contribution < 1.29 is 4.79 Å². The van der Waals surface area contributed by atoms with Gasteiger partial charge in [0.05, 0.1) is 4.91 Å². The highest BCUT2D eigenvalue weighted by molar-refractivity contribution is 8.26. The topological polar surface area (TPSA) is 20.3 Å². The number of thiocarbonyl (C=S) groups is 1. The average molecular weight is 330 g/mol. The van der Waals surface area contributed by atoms with E-state index in [1.807, 2.05) is 0 Å². The molecule has 0 N–H and O–H groups in total. The van der Waals surface area contributed by atoms with Crippen LogP contribution in [-0.4, -0.2) is 21.7 Å². The van der Waals surface area contributed by atoms with E-state index in [0.29, 0.717) is 31.4 Å². The molecule has 1 aromatic carbocycles. The Balaban J connectivity index is 2.38. The van der Waals surface area contributed by atoms with Gasteiger partial charge in [-0.3, -0.25) is 9.69 Å². The van der Waals surface area contributed by atoms with E-state index in [4.69, 9.17) is 35.4 Å². The largest absolute Gasteiger partial charge is 0.289 e. The fourth-order valence-electron chi connectivity index (χ4n) is 1.57. The second-order valence-electron chi connectivity index (χ2n) is 3.72. The molecular formula is C13H9Cl2NOS2. The summed E-state index contributed by atoms with van der Waals surface area (Å²) >= 11 is 18.5. The van der Waals surface area contributed by atoms with Crippen molar-refractivity contribution in [3.8, 4) is 0 Å². The van der Waals surface area contributed by atoms with E-state index in [2.05, 4.69) is 6.58 Å². The number of nitrogens with zero attached hydrogens (tertiary/aromatic N) is 1. The Morgan fingerprint density at radius 3 is 2.58 bits per heavy atom. The Labute approximate surface area is 131 Å². The van der Waals surface area contributed by atoms with Gasteiger partial charge in [0, 0.05) is 22.2 Å². The van der Waals surface area contributed by atoms with Crippen LogP contribution < -0.4 is 0 Å². The van der Waals surface area contributed by atoms with Gasteiger partial charge in [0.2, 0.25) is 0 Å². The third kappa shape index (κ3) is 3.03. The second kappa shape index (κ2) is 6.09. The number of thioether (sulfide) groups is 1. The van der Waals surface area contributed by atoms with Crippen LogP contribution in [0, 0.1) is 0 Å². The van der Waals surface area contributed by atoms with E-state index in [1.54, 1.807) is 30.4 Å². The van der Waals surface area contributed by atoms with Gasteiger partial charge in [0.25, 0.3) is 5.91 Å². The molecule has 0 atom stereocenters. The summed E-state index contributed by atoms with van der Waals surface area (Å²) in [5, 5.41) is 1.00. The number of benzene rings is 1. The van der Waals surface area contributed by atoms with Crippen LogP contribution in [0.15, 0.2) is 35.8 Å². The van der Waals surface area contributed by atoms with Gasteiger partial charge in [0.1, 0.15) is 4.32 Å². The number of halogens is 2. The molecule has 2 rings (SSSR count). The lowest BCUT2D eigenvalue weighted by Crippen LogP contribution is -2.27. The molecule has 1 heterocycles. The quantitative estimate of drug-likeness (QED) is 0.466. The Kier molecular flexibility index (Phi) is 4.68. The fraction of sp³-hybridized carbons (Fsp3) is 0.0769. The normalized spacial score (nSPS) is 17.4. The van der Waals surface area contributed by atoms with Crippen molar-refractivity contribution in [1.29, 1.82) is 0 Å². The molecule has 1 amide bonds. The van der Waals surface area contributed by atoms with Gasteiger partial charge in [0.15, 0.2) is 0 Å². The predicted molar refractivity (Wildman–Crippen MR) is 86.5 cm³/mol. The third-order valence-electron chi connectivity index (χ3n) is 2.46. The molecule has 19 heavy (non-hydrogen) atoms. The zero-order valence-electron chi connectivity index (χ0n) is 9.73. The zero-order valence-corrected chi connectivity index (χ0v) is 12.9. The van der Waals surface area contributed by atoms with Crippen LogP contribution in [0.4, 0.5) is 0 Å². The summed E-state index contributed by atoms with van der Waals surface area (Å²) in [4.78, 5) is 14.2. The number of hydrogen-bond donors (Lipinski definition) is 0. The van der Waals surface area contributed by atoms with E-state index < -0.39 is 0 Å². The van der Waals surface area contributed by atoms with E-state index in [0.717, 1.165) is 0 Å². The zero-order chi connectivity index (χ0) is 14.0. The molecule has 1 saturated heterocycles. The first-order valence-electron chi connectivity index (χ1n) is 5.35. The Morgan fingerprint density at radius 1 is 1.37 bits per heavy atom. The number of amides is 1. The maximum absolute atomic E-state index is 12.1. The number of carbonyl (C=O) groups is 1. The molecule has 1 fully saturated rings. The van der Waals surface area contributed by atoms with Crippen LogP contribution in [0.3, 0.4) is 0 Å². The molecule has 0 aliphatic carbocycles. The van der Waals surface area contributed by atoms with Crippen molar-refractivity contribution in [2.45, 2.75) is 0 Å². The van der Waals surface area contributed by atoms with Crippen molar-refractivity contribution in [3.63, 3.8) is 0 Å². The highest BCUT2D eigenvalue weighted by Crippen LogP contribution is 2.35. The summed E-state index contributed by atoms with van der Waals surface area (Å²) < 4.78 is 0.513. The summed E-state index contributed by atoms with van der Waals surface area (Å²) in [5.41, 5.74) is 0.630. The van der Waals surface area contributed by atoms with E-state index >= 15 is 0 Å². The predicted octanol–water partition coefficient (Wildman–Crippen LogP) is 4.38. The molecule has 0 bridgehead atoms. The van der Waals surface area contributed by atoms with Crippen molar-refractivity contribution in [1.82, 2.24) is 4.90 Å². The van der Waals surface area contributed by atoms with Gasteiger partial charge in [-0.1, -0.05) is 59.3 Å². The Bertz CT molecular complexity index is 578. The van der Waals surface area contributed by atoms with Crippen LogP contribution in [0.25, 0.3) is 6.08 Å². The van der Waals surface area contributed by atoms with Crippen molar-refractivity contribution >= 4 is 63.5 Å². The van der Waals surface area contributed by atoms with Crippen molar-refractivity contribution in [2.75, 3.05) is 6.54 Å². The minimum atomic E-state index is -0.147. The standard InChI is InChI=1S/C13H9Cl2NOS2/c1-2-6-16-12(17)11(19-13(16)18)7-8-9(14)4-3-5-10(8)15/h2-5,7H,1,6H2/b11-7-. The minimum absolute atomic E-state index is 0.147. The lowest BCUT2D eigenvalue weighted by atomic mass is 10.2. The van der Waals surface area contributed by atoms with Crippen LogP contribution >= 0.6 is 47.2 Å². The summed E-state index contributed by atoms with van der Waals surface area (Å²) in [5.74, 6) is -0.147. The van der Waals surface area contributed by atoms with Gasteiger partial charge in [-0.15, -0.1) is 6.58 Å². The van der Waals surface area contributed by atoms with Crippen LogP contribution in [0.5, 0.6) is 0 Å². The summed E-state index contributed by atoms with van der Waals surface area (Å²) in [6.45, 7) is 4.01. The van der Waals surface area contributed by atoms with E-state index in [9.17, 15) is 4.79 Å². The first kappa shape index (κ1) is 14.6. The smallest absolute Gasteiger partial charge is 0.266 e.